The molecule has 5 atom stereocenters. The summed E-state index contributed by atoms with van der Waals surface area (Å²) in [5.41, 5.74) is 0.344. The summed E-state index contributed by atoms with van der Waals surface area (Å²) in [6.07, 6.45) is -4.80. The molecular formula is C17H23NO7. The van der Waals surface area contributed by atoms with E-state index in [2.05, 4.69) is 5.32 Å². The third-order valence-electron chi connectivity index (χ3n) is 4.00. The molecule has 138 valence electrons. The highest BCUT2D eigenvalue weighted by molar-refractivity contribution is 5.98. The summed E-state index contributed by atoms with van der Waals surface area (Å²) >= 11 is 0. The molecule has 1 aliphatic heterocycles. The molecule has 1 aromatic carbocycles. The lowest BCUT2D eigenvalue weighted by Gasteiger charge is -2.42. The Morgan fingerprint density at radius 3 is 2.52 bits per heavy atom. The van der Waals surface area contributed by atoms with Crippen LogP contribution < -0.4 is 10.1 Å². The van der Waals surface area contributed by atoms with Crippen molar-refractivity contribution in [2.24, 2.45) is 0 Å². The van der Waals surface area contributed by atoms with Crippen LogP contribution in [0.15, 0.2) is 24.3 Å². The van der Waals surface area contributed by atoms with Crippen molar-refractivity contribution in [1.82, 2.24) is 5.32 Å². The molecule has 1 aromatic rings. The molecule has 1 fully saturated rings. The predicted molar refractivity (Wildman–Crippen MR) is 87.1 cm³/mol. The van der Waals surface area contributed by atoms with Crippen LogP contribution >= 0.6 is 0 Å². The predicted octanol–water partition coefficient (Wildman–Crippen LogP) is -0.398. The smallest absolute Gasteiger partial charge is 0.223 e. The van der Waals surface area contributed by atoms with Crippen LogP contribution in [-0.2, 0) is 9.53 Å². The van der Waals surface area contributed by atoms with Crippen LogP contribution in [-0.4, -0.2) is 64.3 Å². The van der Waals surface area contributed by atoms with Crippen LogP contribution in [0.3, 0.4) is 0 Å². The van der Waals surface area contributed by atoms with Crippen molar-refractivity contribution in [2.45, 2.75) is 50.9 Å². The van der Waals surface area contributed by atoms with E-state index in [9.17, 15) is 24.9 Å². The number of nitrogens with one attached hydrogen (secondary N) is 1. The number of hydrogen-bond donors (Lipinski definition) is 4. The average Bonchev–Trinajstić information content (AvgIpc) is 2.60. The first-order valence-electron chi connectivity index (χ1n) is 8.07. The Kier molecular flexibility index (Phi) is 6.49. The Morgan fingerprint density at radius 2 is 1.92 bits per heavy atom. The highest BCUT2D eigenvalue weighted by atomic mass is 16.7. The van der Waals surface area contributed by atoms with Gasteiger partial charge in [-0.25, -0.2) is 0 Å². The number of rotatable bonds is 6. The first kappa shape index (κ1) is 19.3. The van der Waals surface area contributed by atoms with Gasteiger partial charge in [-0.05, 0) is 12.1 Å². The summed E-state index contributed by atoms with van der Waals surface area (Å²) in [6.45, 7) is 2.43. The minimum Gasteiger partial charge on any atom is -0.462 e. The van der Waals surface area contributed by atoms with Crippen LogP contribution in [0, 0.1) is 0 Å². The summed E-state index contributed by atoms with van der Waals surface area (Å²) in [6, 6.07) is 5.47. The van der Waals surface area contributed by atoms with Gasteiger partial charge in [-0.15, -0.1) is 0 Å². The number of ether oxygens (including phenoxy) is 2. The van der Waals surface area contributed by atoms with E-state index in [-0.39, 0.29) is 18.0 Å². The van der Waals surface area contributed by atoms with Crippen molar-refractivity contribution < 1.29 is 34.4 Å². The standard InChI is InChI=1S/C17H23NO7/c1-3-11(21)10-6-4-5-7-12(10)24-17-14(18-9(2)20)16(23)15(22)13(8-19)25-17/h4-7,13-17,19,22-23H,3,8H2,1-2H3,(H,18,20). The molecule has 2 rings (SSSR count). The van der Waals surface area contributed by atoms with Gasteiger partial charge in [-0.3, -0.25) is 9.59 Å². The fourth-order valence-electron chi connectivity index (χ4n) is 2.69. The van der Waals surface area contributed by atoms with Crippen LogP contribution in [0.2, 0.25) is 0 Å². The minimum atomic E-state index is -1.41. The number of ketones is 1. The van der Waals surface area contributed by atoms with E-state index in [1.165, 1.54) is 6.92 Å². The Hall–Kier alpha value is -2.00. The lowest BCUT2D eigenvalue weighted by atomic mass is 9.97. The van der Waals surface area contributed by atoms with Crippen molar-refractivity contribution >= 4 is 11.7 Å². The second-order valence-corrected chi connectivity index (χ2v) is 5.82. The maximum atomic E-state index is 12.1. The highest BCUT2D eigenvalue weighted by Gasteiger charge is 2.46. The second-order valence-electron chi connectivity index (χ2n) is 5.82. The normalized spacial score (nSPS) is 29.1. The van der Waals surface area contributed by atoms with Gasteiger partial charge in [-0.1, -0.05) is 19.1 Å². The Balaban J connectivity index is 2.30. The Bertz CT molecular complexity index is 621. The molecule has 1 saturated heterocycles. The zero-order valence-electron chi connectivity index (χ0n) is 14.1. The van der Waals surface area contributed by atoms with Crippen molar-refractivity contribution in [3.8, 4) is 5.75 Å². The average molecular weight is 353 g/mol. The quantitative estimate of drug-likeness (QED) is 0.513. The number of aliphatic hydroxyl groups is 3. The molecule has 1 aliphatic rings. The number of para-hydroxylation sites is 1. The topological polar surface area (TPSA) is 125 Å². The molecule has 1 amide bonds. The molecule has 5 unspecified atom stereocenters. The summed E-state index contributed by atoms with van der Waals surface area (Å²) in [5.74, 6) is -0.356. The number of carbonyl (C=O) groups is 2. The fourth-order valence-corrected chi connectivity index (χ4v) is 2.69. The van der Waals surface area contributed by atoms with E-state index in [1.54, 1.807) is 31.2 Å². The van der Waals surface area contributed by atoms with Crippen LogP contribution in [0.4, 0.5) is 0 Å². The van der Waals surface area contributed by atoms with Gasteiger partial charge in [-0.2, -0.15) is 0 Å². The molecule has 0 aromatic heterocycles. The van der Waals surface area contributed by atoms with Crippen LogP contribution in [0.25, 0.3) is 0 Å². The van der Waals surface area contributed by atoms with E-state index in [4.69, 9.17) is 9.47 Å². The van der Waals surface area contributed by atoms with E-state index in [0.29, 0.717) is 5.56 Å². The minimum absolute atomic E-state index is 0.137. The molecule has 0 spiro atoms. The Labute approximate surface area is 145 Å². The molecule has 4 N–H and O–H groups in total. The summed E-state index contributed by atoms with van der Waals surface area (Å²) in [5, 5.41) is 32.0. The summed E-state index contributed by atoms with van der Waals surface area (Å²) in [7, 11) is 0. The van der Waals surface area contributed by atoms with E-state index in [0.717, 1.165) is 0 Å². The van der Waals surface area contributed by atoms with Gasteiger partial charge >= 0.3 is 0 Å². The lowest BCUT2D eigenvalue weighted by molar-refractivity contribution is -0.244. The lowest BCUT2D eigenvalue weighted by Crippen LogP contribution is -2.65. The third-order valence-corrected chi connectivity index (χ3v) is 4.00. The Morgan fingerprint density at radius 1 is 1.24 bits per heavy atom. The first-order chi connectivity index (χ1) is 11.9. The van der Waals surface area contributed by atoms with Crippen LogP contribution in [0.1, 0.15) is 30.6 Å². The zero-order chi connectivity index (χ0) is 18.6. The third kappa shape index (κ3) is 4.35. The number of aliphatic hydroxyl groups excluding tert-OH is 3. The molecule has 0 saturated carbocycles. The number of Topliss-reactive ketones (excluding diaryl/α,β-unsaturated/α-hetero) is 1. The van der Waals surface area contributed by atoms with Crippen LogP contribution in [0.5, 0.6) is 5.75 Å². The summed E-state index contributed by atoms with van der Waals surface area (Å²) in [4.78, 5) is 23.5. The van der Waals surface area contributed by atoms with Gasteiger partial charge in [0.1, 0.15) is 30.1 Å². The van der Waals surface area contributed by atoms with Crippen molar-refractivity contribution in [3.63, 3.8) is 0 Å². The van der Waals surface area contributed by atoms with Crippen molar-refractivity contribution in [1.29, 1.82) is 0 Å². The molecule has 0 radical (unpaired) electrons. The number of benzene rings is 1. The molecule has 0 aliphatic carbocycles. The maximum absolute atomic E-state index is 12.1. The van der Waals surface area contributed by atoms with Gasteiger partial charge in [0.05, 0.1) is 12.2 Å². The molecule has 0 bridgehead atoms. The molecule has 1 heterocycles. The van der Waals surface area contributed by atoms with Crippen molar-refractivity contribution in [3.05, 3.63) is 29.8 Å². The SMILES string of the molecule is CCC(=O)c1ccccc1OC1OC(CO)C(O)C(O)C1NC(C)=O. The molecule has 8 nitrogen and oxygen atoms in total. The monoisotopic (exact) mass is 353 g/mol. The van der Waals surface area contributed by atoms with Crippen molar-refractivity contribution in [2.75, 3.05) is 6.61 Å². The number of carbonyl (C=O) groups excluding carboxylic acids is 2. The summed E-state index contributed by atoms with van der Waals surface area (Å²) < 4.78 is 11.2. The second kappa shape index (κ2) is 8.39. The zero-order valence-corrected chi connectivity index (χ0v) is 14.1. The number of amides is 1. The van der Waals surface area contributed by atoms with Gasteiger partial charge in [0.2, 0.25) is 12.2 Å². The fraction of sp³-hybridized carbons (Fsp3) is 0.529. The largest absolute Gasteiger partial charge is 0.462 e. The molecule has 8 heteroatoms. The number of hydrogen-bond acceptors (Lipinski definition) is 7. The van der Waals surface area contributed by atoms with Gasteiger partial charge in [0.15, 0.2) is 5.78 Å². The highest BCUT2D eigenvalue weighted by Crippen LogP contribution is 2.27. The first-order valence-corrected chi connectivity index (χ1v) is 8.07. The molecular weight excluding hydrogens is 330 g/mol. The van der Waals surface area contributed by atoms with E-state index >= 15 is 0 Å². The van der Waals surface area contributed by atoms with Gasteiger partial charge in [0, 0.05) is 13.3 Å². The van der Waals surface area contributed by atoms with E-state index in [1.807, 2.05) is 0 Å². The van der Waals surface area contributed by atoms with Gasteiger partial charge in [0.25, 0.3) is 0 Å². The van der Waals surface area contributed by atoms with E-state index < -0.39 is 43.2 Å². The van der Waals surface area contributed by atoms with Gasteiger partial charge < -0.3 is 30.1 Å². The maximum Gasteiger partial charge on any atom is 0.223 e. The molecule has 25 heavy (non-hydrogen) atoms.